The molecule has 0 atom stereocenters. The number of aromatic nitrogens is 2. The summed E-state index contributed by atoms with van der Waals surface area (Å²) >= 11 is 5.98. The largest absolute Gasteiger partial charge is 0.323 e. The molecule has 0 fully saturated rings. The van der Waals surface area contributed by atoms with Gasteiger partial charge in [-0.25, -0.2) is 14.4 Å². The van der Waals surface area contributed by atoms with Gasteiger partial charge in [-0.15, -0.1) is 0 Å². The van der Waals surface area contributed by atoms with Gasteiger partial charge in [0, 0.05) is 11.6 Å². The molecule has 0 unspecified atom stereocenters. The maximum Gasteiger partial charge on any atom is 0.227 e. The van der Waals surface area contributed by atoms with Gasteiger partial charge < -0.3 is 5.32 Å². The minimum absolute atomic E-state index is 0.0734. The smallest absolute Gasteiger partial charge is 0.227 e. The molecule has 3 nitrogen and oxygen atoms in total. The molecule has 0 saturated carbocycles. The fraction of sp³-hybridized carbons (Fsp3) is 0.333. The zero-order valence-corrected chi connectivity index (χ0v) is 12.7. The average Bonchev–Trinajstić information content (AvgIpc) is 2.33. The van der Waals surface area contributed by atoms with Crippen LogP contribution in [0, 0.1) is 12.7 Å². The molecule has 1 heterocycles. The fourth-order valence-corrected chi connectivity index (χ4v) is 2.19. The van der Waals surface area contributed by atoms with Gasteiger partial charge in [-0.2, -0.15) is 0 Å². The van der Waals surface area contributed by atoms with Gasteiger partial charge in [-0.1, -0.05) is 32.4 Å². The first-order chi connectivity index (χ1) is 9.27. The number of rotatable bonds is 2. The maximum atomic E-state index is 13.0. The lowest BCUT2D eigenvalue weighted by molar-refractivity contribution is 0.563. The molecule has 0 radical (unpaired) electrons. The summed E-state index contributed by atoms with van der Waals surface area (Å²) in [6.45, 7) is 8.26. The SMILES string of the molecule is Cc1cnc(Nc2ccc(F)cc2Cl)nc1C(C)(C)C. The number of halogens is 2. The third-order valence-electron chi connectivity index (χ3n) is 2.86. The summed E-state index contributed by atoms with van der Waals surface area (Å²) in [6.07, 6.45) is 1.77. The van der Waals surface area contributed by atoms with E-state index in [4.69, 9.17) is 11.6 Å². The second-order valence-electron chi connectivity index (χ2n) is 5.72. The van der Waals surface area contributed by atoms with Crippen molar-refractivity contribution in [3.05, 3.63) is 46.5 Å². The molecule has 0 amide bonds. The van der Waals surface area contributed by atoms with Gasteiger partial charge in [-0.3, -0.25) is 0 Å². The number of aryl methyl sites for hydroxylation is 1. The zero-order valence-electron chi connectivity index (χ0n) is 12.0. The topological polar surface area (TPSA) is 37.8 Å². The van der Waals surface area contributed by atoms with Crippen molar-refractivity contribution >= 4 is 23.2 Å². The molecule has 0 spiro atoms. The molecule has 1 N–H and O–H groups in total. The summed E-state index contributed by atoms with van der Waals surface area (Å²) < 4.78 is 13.0. The van der Waals surface area contributed by atoms with E-state index in [-0.39, 0.29) is 11.2 Å². The summed E-state index contributed by atoms with van der Waals surface area (Å²) in [4.78, 5) is 8.76. The first-order valence-corrected chi connectivity index (χ1v) is 6.71. The van der Waals surface area contributed by atoms with E-state index in [9.17, 15) is 4.39 Å². The first-order valence-electron chi connectivity index (χ1n) is 6.33. The standard InChI is InChI=1S/C15H17ClFN3/c1-9-8-18-14(20-13(9)15(2,3)4)19-12-6-5-10(17)7-11(12)16/h5-8H,1-4H3,(H,18,19,20). The Morgan fingerprint density at radius 2 is 1.95 bits per heavy atom. The molecule has 0 bridgehead atoms. The fourth-order valence-electron chi connectivity index (χ4n) is 1.97. The Labute approximate surface area is 123 Å². The molecule has 1 aromatic heterocycles. The Hall–Kier alpha value is -1.68. The highest BCUT2D eigenvalue weighted by molar-refractivity contribution is 6.33. The third kappa shape index (κ3) is 3.25. The van der Waals surface area contributed by atoms with E-state index in [0.717, 1.165) is 11.3 Å². The van der Waals surface area contributed by atoms with Crippen molar-refractivity contribution in [2.75, 3.05) is 5.32 Å². The van der Waals surface area contributed by atoms with Crippen LogP contribution in [0.15, 0.2) is 24.4 Å². The van der Waals surface area contributed by atoms with E-state index in [1.54, 1.807) is 12.3 Å². The number of hydrogen-bond acceptors (Lipinski definition) is 3. The van der Waals surface area contributed by atoms with Crippen LogP contribution in [0.4, 0.5) is 16.0 Å². The van der Waals surface area contributed by atoms with Crippen LogP contribution < -0.4 is 5.32 Å². The van der Waals surface area contributed by atoms with Crippen LogP contribution in [0.3, 0.4) is 0 Å². The predicted octanol–water partition coefficient (Wildman–Crippen LogP) is 4.62. The van der Waals surface area contributed by atoms with E-state index in [2.05, 4.69) is 36.1 Å². The molecule has 2 rings (SSSR count). The number of nitrogens with zero attached hydrogens (tertiary/aromatic N) is 2. The minimum Gasteiger partial charge on any atom is -0.323 e. The highest BCUT2D eigenvalue weighted by atomic mass is 35.5. The van der Waals surface area contributed by atoms with Gasteiger partial charge in [0.1, 0.15) is 5.82 Å². The van der Waals surface area contributed by atoms with Crippen molar-refractivity contribution in [3.8, 4) is 0 Å². The van der Waals surface area contributed by atoms with Crippen molar-refractivity contribution in [1.29, 1.82) is 0 Å². The Balaban J connectivity index is 2.35. The molecule has 20 heavy (non-hydrogen) atoms. The van der Waals surface area contributed by atoms with Crippen molar-refractivity contribution in [2.24, 2.45) is 0 Å². The quantitative estimate of drug-likeness (QED) is 0.878. The molecule has 0 saturated heterocycles. The lowest BCUT2D eigenvalue weighted by atomic mass is 9.89. The molecule has 0 aliphatic rings. The van der Waals surface area contributed by atoms with Crippen LogP contribution >= 0.6 is 11.6 Å². The van der Waals surface area contributed by atoms with E-state index in [1.807, 2.05) is 6.92 Å². The third-order valence-corrected chi connectivity index (χ3v) is 3.17. The Kier molecular flexibility index (Phi) is 3.95. The number of anilines is 2. The van der Waals surface area contributed by atoms with Crippen LogP contribution in [0.2, 0.25) is 5.02 Å². The van der Waals surface area contributed by atoms with Crippen LogP contribution in [0.5, 0.6) is 0 Å². The lowest BCUT2D eigenvalue weighted by Crippen LogP contribution is -2.17. The van der Waals surface area contributed by atoms with Gasteiger partial charge in [0.15, 0.2) is 0 Å². The van der Waals surface area contributed by atoms with Gasteiger partial charge in [0.25, 0.3) is 0 Å². The van der Waals surface area contributed by atoms with Crippen LogP contribution in [-0.2, 0) is 5.41 Å². The number of benzene rings is 1. The Morgan fingerprint density at radius 1 is 1.25 bits per heavy atom. The normalized spacial score (nSPS) is 11.5. The summed E-state index contributed by atoms with van der Waals surface area (Å²) in [6, 6.07) is 4.16. The summed E-state index contributed by atoms with van der Waals surface area (Å²) in [5.41, 5.74) is 2.51. The molecule has 106 valence electrons. The van der Waals surface area contributed by atoms with E-state index >= 15 is 0 Å². The van der Waals surface area contributed by atoms with E-state index in [1.165, 1.54) is 12.1 Å². The Morgan fingerprint density at radius 3 is 2.55 bits per heavy atom. The van der Waals surface area contributed by atoms with Gasteiger partial charge in [0.05, 0.1) is 16.4 Å². The lowest BCUT2D eigenvalue weighted by Gasteiger charge is -2.20. The maximum absolute atomic E-state index is 13.0. The van der Waals surface area contributed by atoms with Gasteiger partial charge in [0.2, 0.25) is 5.95 Å². The first kappa shape index (κ1) is 14.7. The number of hydrogen-bond donors (Lipinski definition) is 1. The van der Waals surface area contributed by atoms with Gasteiger partial charge in [-0.05, 0) is 30.7 Å². The molecule has 2 aromatic rings. The molecule has 5 heteroatoms. The second-order valence-corrected chi connectivity index (χ2v) is 6.13. The predicted molar refractivity (Wildman–Crippen MR) is 80.2 cm³/mol. The van der Waals surface area contributed by atoms with Crippen molar-refractivity contribution in [2.45, 2.75) is 33.1 Å². The minimum atomic E-state index is -0.374. The average molecular weight is 294 g/mol. The number of nitrogens with one attached hydrogen (secondary N) is 1. The Bertz CT molecular complexity index is 636. The zero-order chi connectivity index (χ0) is 14.9. The van der Waals surface area contributed by atoms with E-state index < -0.39 is 0 Å². The monoisotopic (exact) mass is 293 g/mol. The van der Waals surface area contributed by atoms with Crippen molar-refractivity contribution in [3.63, 3.8) is 0 Å². The summed E-state index contributed by atoms with van der Waals surface area (Å²) in [5.74, 6) is 0.0785. The van der Waals surface area contributed by atoms with Crippen LogP contribution in [0.1, 0.15) is 32.0 Å². The van der Waals surface area contributed by atoms with Crippen LogP contribution in [-0.4, -0.2) is 9.97 Å². The highest BCUT2D eigenvalue weighted by Gasteiger charge is 2.19. The van der Waals surface area contributed by atoms with Crippen molar-refractivity contribution < 1.29 is 4.39 Å². The van der Waals surface area contributed by atoms with Gasteiger partial charge >= 0.3 is 0 Å². The molecular formula is C15H17ClFN3. The second kappa shape index (κ2) is 5.37. The van der Waals surface area contributed by atoms with E-state index in [0.29, 0.717) is 16.7 Å². The summed E-state index contributed by atoms with van der Waals surface area (Å²) in [5, 5.41) is 3.32. The molecule has 1 aromatic carbocycles. The molecular weight excluding hydrogens is 277 g/mol. The highest BCUT2D eigenvalue weighted by Crippen LogP contribution is 2.27. The molecule has 0 aliphatic heterocycles. The molecule has 0 aliphatic carbocycles. The van der Waals surface area contributed by atoms with Crippen molar-refractivity contribution in [1.82, 2.24) is 9.97 Å². The summed E-state index contributed by atoms with van der Waals surface area (Å²) in [7, 11) is 0. The van der Waals surface area contributed by atoms with Crippen LogP contribution in [0.25, 0.3) is 0 Å².